The van der Waals surface area contributed by atoms with Crippen LogP contribution in [0.4, 0.5) is 0 Å². The predicted octanol–water partition coefficient (Wildman–Crippen LogP) is 4.98. The van der Waals surface area contributed by atoms with Crippen molar-refractivity contribution in [3.8, 4) is 0 Å². The van der Waals surface area contributed by atoms with Crippen molar-refractivity contribution in [1.29, 1.82) is 0 Å². The fourth-order valence-electron chi connectivity index (χ4n) is 5.17. The second-order valence-corrected chi connectivity index (χ2v) is 8.19. The van der Waals surface area contributed by atoms with E-state index in [1.165, 1.54) is 51.4 Å². The van der Waals surface area contributed by atoms with Crippen molar-refractivity contribution in [3.05, 3.63) is 5.53 Å². The fraction of sp³-hybridized carbons (Fsp3) is 0.950. The Bertz CT molecular complexity index is 437. The highest BCUT2D eigenvalue weighted by molar-refractivity contribution is 5.79. The zero-order valence-corrected chi connectivity index (χ0v) is 15.3. The van der Waals surface area contributed by atoms with Gasteiger partial charge in [0, 0.05) is 25.7 Å². The first-order valence-corrected chi connectivity index (χ1v) is 10.2. The number of rotatable bonds is 6. The van der Waals surface area contributed by atoms with E-state index in [1.807, 2.05) is 0 Å². The average Bonchev–Trinajstić information content (AvgIpc) is 3.08. The molecule has 1 atom stereocenters. The zero-order chi connectivity index (χ0) is 16.8. The van der Waals surface area contributed by atoms with Gasteiger partial charge in [0.1, 0.15) is 0 Å². The van der Waals surface area contributed by atoms with Crippen LogP contribution in [0.5, 0.6) is 0 Å². The maximum atomic E-state index is 9.51. The Morgan fingerprint density at radius 1 is 1.08 bits per heavy atom. The lowest BCUT2D eigenvalue weighted by molar-refractivity contribution is -0.184. The quantitative estimate of drug-likeness (QED) is 0.391. The van der Waals surface area contributed by atoms with Gasteiger partial charge in [0.05, 0.1) is 13.2 Å². The Morgan fingerprint density at radius 3 is 2.33 bits per heavy atom. The van der Waals surface area contributed by atoms with Gasteiger partial charge >= 0.3 is 0 Å². The van der Waals surface area contributed by atoms with Gasteiger partial charge in [-0.05, 0) is 43.4 Å². The van der Waals surface area contributed by atoms with E-state index in [9.17, 15) is 5.53 Å². The van der Waals surface area contributed by atoms with Gasteiger partial charge in [-0.3, -0.25) is 0 Å². The first-order chi connectivity index (χ1) is 11.7. The summed E-state index contributed by atoms with van der Waals surface area (Å²) < 4.78 is 11.7. The molecule has 0 aromatic rings. The van der Waals surface area contributed by atoms with E-state index in [0.29, 0.717) is 5.92 Å². The molecule has 2 aliphatic carbocycles. The van der Waals surface area contributed by atoms with Crippen LogP contribution in [-0.2, 0) is 9.47 Å². The second kappa shape index (κ2) is 8.60. The first-order valence-electron chi connectivity index (χ1n) is 10.2. The summed E-state index contributed by atoms with van der Waals surface area (Å²) in [5.74, 6) is 1.84. The van der Waals surface area contributed by atoms with E-state index in [0.717, 1.165) is 56.4 Å². The minimum absolute atomic E-state index is 0.259. The van der Waals surface area contributed by atoms with Crippen molar-refractivity contribution in [1.82, 2.24) is 0 Å². The third-order valence-corrected chi connectivity index (χ3v) is 6.68. The molecule has 24 heavy (non-hydrogen) atoms. The molecule has 0 bridgehead atoms. The van der Waals surface area contributed by atoms with Crippen LogP contribution in [0, 0.1) is 17.8 Å². The number of nitrogens with zero attached hydrogens (tertiary/aromatic N) is 2. The lowest BCUT2D eigenvalue weighted by Crippen LogP contribution is -2.37. The van der Waals surface area contributed by atoms with E-state index in [1.54, 1.807) is 0 Å². The van der Waals surface area contributed by atoms with Crippen molar-refractivity contribution in [3.63, 3.8) is 0 Å². The molecule has 3 aliphatic rings. The van der Waals surface area contributed by atoms with Gasteiger partial charge in [0.15, 0.2) is 5.79 Å². The van der Waals surface area contributed by atoms with Crippen molar-refractivity contribution in [2.45, 2.75) is 89.8 Å². The Hall–Kier alpha value is -0.700. The first kappa shape index (κ1) is 18.1. The minimum Gasteiger partial charge on any atom is -0.362 e. The highest BCUT2D eigenvalue weighted by Gasteiger charge is 2.42. The molecular formula is C20H34N2O2. The second-order valence-electron chi connectivity index (χ2n) is 8.19. The summed E-state index contributed by atoms with van der Waals surface area (Å²) in [6.07, 6.45) is 14.3. The van der Waals surface area contributed by atoms with Gasteiger partial charge in [0.2, 0.25) is 0 Å². The van der Waals surface area contributed by atoms with E-state index in [2.05, 4.69) is 11.7 Å². The van der Waals surface area contributed by atoms with Crippen LogP contribution in [0.1, 0.15) is 84.0 Å². The molecule has 3 rings (SSSR count). The fourth-order valence-corrected chi connectivity index (χ4v) is 5.17. The lowest BCUT2D eigenvalue weighted by Gasteiger charge is -2.38. The molecule has 1 aliphatic heterocycles. The number of hydrogen-bond acceptors (Lipinski definition) is 2. The molecule has 2 saturated carbocycles. The van der Waals surface area contributed by atoms with Crippen LogP contribution < -0.4 is 0 Å². The SMILES string of the molecule is CCC(CC(CC1CCCCC1)=[N+]=[N-])C1CCC2(CC1)OCCO2. The van der Waals surface area contributed by atoms with Crippen molar-refractivity contribution < 1.29 is 14.3 Å². The smallest absolute Gasteiger partial charge is 0.269 e. The molecule has 4 nitrogen and oxygen atoms in total. The van der Waals surface area contributed by atoms with Gasteiger partial charge in [-0.1, -0.05) is 32.6 Å². The summed E-state index contributed by atoms with van der Waals surface area (Å²) >= 11 is 0. The number of hydrogen-bond donors (Lipinski definition) is 0. The van der Waals surface area contributed by atoms with Crippen LogP contribution in [-0.4, -0.2) is 29.5 Å². The molecule has 0 N–H and O–H groups in total. The molecule has 0 aromatic heterocycles. The van der Waals surface area contributed by atoms with Gasteiger partial charge < -0.3 is 15.0 Å². The highest BCUT2D eigenvalue weighted by Crippen LogP contribution is 2.42. The Balaban J connectivity index is 1.50. The van der Waals surface area contributed by atoms with Crippen molar-refractivity contribution in [2.24, 2.45) is 17.8 Å². The molecular weight excluding hydrogens is 300 g/mol. The molecule has 1 heterocycles. The third kappa shape index (κ3) is 4.47. The summed E-state index contributed by atoms with van der Waals surface area (Å²) in [5, 5.41) is 0. The van der Waals surface area contributed by atoms with Gasteiger partial charge in [-0.15, -0.1) is 0 Å². The normalized spacial score (nSPS) is 26.4. The topological polar surface area (TPSA) is 54.9 Å². The Kier molecular flexibility index (Phi) is 6.49. The van der Waals surface area contributed by atoms with E-state index in [-0.39, 0.29) is 5.79 Å². The van der Waals surface area contributed by atoms with Crippen molar-refractivity contribution in [2.75, 3.05) is 13.2 Å². The molecule has 1 spiro atoms. The maximum Gasteiger partial charge on any atom is 0.269 e. The molecule has 4 heteroatoms. The Morgan fingerprint density at radius 2 is 1.75 bits per heavy atom. The largest absolute Gasteiger partial charge is 0.362 e. The summed E-state index contributed by atoms with van der Waals surface area (Å²) in [5.41, 5.74) is 10.6. The van der Waals surface area contributed by atoms with Crippen LogP contribution in [0.25, 0.3) is 5.53 Å². The summed E-state index contributed by atoms with van der Waals surface area (Å²) in [4.78, 5) is 3.70. The molecule has 1 unspecified atom stereocenters. The zero-order valence-electron chi connectivity index (χ0n) is 15.3. The van der Waals surface area contributed by atoms with E-state index in [4.69, 9.17) is 9.47 Å². The van der Waals surface area contributed by atoms with Gasteiger partial charge in [-0.25, -0.2) is 0 Å². The predicted molar refractivity (Wildman–Crippen MR) is 94.8 cm³/mol. The maximum absolute atomic E-state index is 9.51. The molecule has 0 aromatic carbocycles. The standard InChI is InChI=1S/C20H34N2O2/c1-2-17(15-19(22-21)14-16-6-4-3-5-7-16)18-8-10-20(11-9-18)23-12-13-24-20/h16-18H,2-15H2,1H3. The van der Waals surface area contributed by atoms with Gasteiger partial charge in [0.25, 0.3) is 5.71 Å². The highest BCUT2D eigenvalue weighted by atomic mass is 16.7. The third-order valence-electron chi connectivity index (χ3n) is 6.68. The van der Waals surface area contributed by atoms with Crippen LogP contribution in [0.15, 0.2) is 0 Å². The molecule has 0 amide bonds. The van der Waals surface area contributed by atoms with Crippen molar-refractivity contribution >= 4 is 5.71 Å². The Labute approximate surface area is 146 Å². The molecule has 0 radical (unpaired) electrons. The number of ether oxygens (including phenoxy) is 2. The van der Waals surface area contributed by atoms with E-state index < -0.39 is 0 Å². The summed E-state index contributed by atoms with van der Waals surface area (Å²) in [6, 6.07) is 0. The van der Waals surface area contributed by atoms with Gasteiger partial charge in [-0.2, -0.15) is 4.79 Å². The summed E-state index contributed by atoms with van der Waals surface area (Å²) in [7, 11) is 0. The van der Waals surface area contributed by atoms with Crippen LogP contribution >= 0.6 is 0 Å². The molecule has 136 valence electrons. The lowest BCUT2D eigenvalue weighted by atomic mass is 9.74. The summed E-state index contributed by atoms with van der Waals surface area (Å²) in [6.45, 7) is 3.79. The van der Waals surface area contributed by atoms with E-state index >= 15 is 0 Å². The van der Waals surface area contributed by atoms with Crippen LogP contribution in [0.2, 0.25) is 0 Å². The average molecular weight is 335 g/mol. The monoisotopic (exact) mass is 334 g/mol. The van der Waals surface area contributed by atoms with Crippen LogP contribution in [0.3, 0.4) is 0 Å². The molecule has 1 saturated heterocycles. The minimum atomic E-state index is -0.259. The molecule has 3 fully saturated rings.